The van der Waals surface area contributed by atoms with Crippen molar-refractivity contribution in [3.63, 3.8) is 0 Å². The minimum absolute atomic E-state index is 0.651. The van der Waals surface area contributed by atoms with Crippen molar-refractivity contribution in [3.05, 3.63) is 0 Å². The topological polar surface area (TPSA) is 21.3 Å². The molecule has 0 saturated heterocycles. The lowest BCUT2D eigenvalue weighted by molar-refractivity contribution is 0.107. The van der Waals surface area contributed by atoms with E-state index in [1.54, 1.807) is 0 Å². The Kier molecular flexibility index (Phi) is 4.87. The van der Waals surface area contributed by atoms with E-state index in [2.05, 4.69) is 26.1 Å². The number of hydrogen-bond acceptors (Lipinski definition) is 2. The molecule has 2 nitrogen and oxygen atoms in total. The van der Waals surface area contributed by atoms with E-state index in [-0.39, 0.29) is 0 Å². The molecule has 0 amide bonds. The van der Waals surface area contributed by atoms with Gasteiger partial charge in [0, 0.05) is 19.2 Å². The highest BCUT2D eigenvalue weighted by atomic mass is 16.5. The molecule has 4 atom stereocenters. The van der Waals surface area contributed by atoms with Crippen LogP contribution in [0.4, 0.5) is 0 Å². The van der Waals surface area contributed by atoms with Crippen LogP contribution in [-0.4, -0.2) is 25.8 Å². The molecule has 17 heavy (non-hydrogen) atoms. The molecule has 2 aliphatic rings. The maximum atomic E-state index is 5.61. The van der Waals surface area contributed by atoms with Crippen LogP contribution in [0.15, 0.2) is 0 Å². The summed E-state index contributed by atoms with van der Waals surface area (Å²) in [6.07, 6.45) is 5.99. The summed E-state index contributed by atoms with van der Waals surface area (Å²) in [7, 11) is 0. The Morgan fingerprint density at radius 2 is 2.00 bits per heavy atom. The van der Waals surface area contributed by atoms with Crippen LogP contribution in [0.2, 0.25) is 0 Å². The van der Waals surface area contributed by atoms with E-state index in [0.717, 1.165) is 37.5 Å². The summed E-state index contributed by atoms with van der Waals surface area (Å²) in [5.41, 5.74) is 0. The van der Waals surface area contributed by atoms with Gasteiger partial charge in [0.2, 0.25) is 0 Å². The van der Waals surface area contributed by atoms with Crippen LogP contribution < -0.4 is 5.32 Å². The van der Waals surface area contributed by atoms with Gasteiger partial charge >= 0.3 is 0 Å². The molecule has 2 bridgehead atoms. The molecule has 0 spiro atoms. The van der Waals surface area contributed by atoms with Crippen LogP contribution in [0, 0.1) is 23.7 Å². The zero-order valence-corrected chi connectivity index (χ0v) is 11.7. The molecule has 2 rings (SSSR count). The standard InChI is InChI=1S/C15H29NO/c1-11(2)10-17-7-6-16-12(3)15-9-13-4-5-14(15)8-13/h11-16H,4-10H2,1-3H3. The quantitative estimate of drug-likeness (QED) is 0.689. The Morgan fingerprint density at radius 1 is 1.18 bits per heavy atom. The van der Waals surface area contributed by atoms with Crippen molar-refractivity contribution in [1.82, 2.24) is 5.32 Å². The van der Waals surface area contributed by atoms with Gasteiger partial charge in [0.15, 0.2) is 0 Å². The SMILES string of the molecule is CC(C)COCCNC(C)C1CC2CCC1C2. The van der Waals surface area contributed by atoms with Gasteiger partial charge in [-0.3, -0.25) is 0 Å². The number of hydrogen-bond donors (Lipinski definition) is 1. The van der Waals surface area contributed by atoms with Crippen molar-refractivity contribution in [3.8, 4) is 0 Å². The second-order valence-electron chi connectivity index (χ2n) is 6.55. The minimum atomic E-state index is 0.651. The summed E-state index contributed by atoms with van der Waals surface area (Å²) < 4.78 is 5.61. The van der Waals surface area contributed by atoms with Gasteiger partial charge in [-0.1, -0.05) is 20.3 Å². The van der Waals surface area contributed by atoms with Gasteiger partial charge in [0.25, 0.3) is 0 Å². The fraction of sp³-hybridized carbons (Fsp3) is 1.00. The highest BCUT2D eigenvalue weighted by Crippen LogP contribution is 2.49. The molecule has 0 aromatic carbocycles. The first-order chi connectivity index (χ1) is 8.16. The van der Waals surface area contributed by atoms with Crippen LogP contribution in [0.1, 0.15) is 46.5 Å². The van der Waals surface area contributed by atoms with E-state index < -0.39 is 0 Å². The van der Waals surface area contributed by atoms with Gasteiger partial charge in [-0.25, -0.2) is 0 Å². The zero-order valence-electron chi connectivity index (χ0n) is 11.7. The minimum Gasteiger partial charge on any atom is -0.380 e. The van der Waals surface area contributed by atoms with Gasteiger partial charge in [0.05, 0.1) is 6.61 Å². The van der Waals surface area contributed by atoms with Gasteiger partial charge in [-0.2, -0.15) is 0 Å². The van der Waals surface area contributed by atoms with Crippen molar-refractivity contribution in [2.45, 2.75) is 52.5 Å². The molecule has 100 valence electrons. The Balaban J connectivity index is 1.57. The molecule has 0 radical (unpaired) electrons. The molecule has 0 aromatic heterocycles. The van der Waals surface area contributed by atoms with E-state index >= 15 is 0 Å². The van der Waals surface area contributed by atoms with Crippen LogP contribution in [0.3, 0.4) is 0 Å². The van der Waals surface area contributed by atoms with Crippen molar-refractivity contribution in [2.24, 2.45) is 23.7 Å². The highest BCUT2D eigenvalue weighted by Gasteiger charge is 2.41. The van der Waals surface area contributed by atoms with Gasteiger partial charge in [0.1, 0.15) is 0 Å². The van der Waals surface area contributed by atoms with Crippen LogP contribution in [0.5, 0.6) is 0 Å². The number of nitrogens with one attached hydrogen (secondary N) is 1. The van der Waals surface area contributed by atoms with Gasteiger partial charge in [-0.05, 0) is 49.9 Å². The zero-order chi connectivity index (χ0) is 12.3. The number of ether oxygens (including phenoxy) is 1. The Hall–Kier alpha value is -0.0800. The van der Waals surface area contributed by atoms with Crippen molar-refractivity contribution < 1.29 is 4.74 Å². The summed E-state index contributed by atoms with van der Waals surface area (Å²) in [4.78, 5) is 0. The summed E-state index contributed by atoms with van der Waals surface area (Å²) in [5, 5.41) is 3.66. The first-order valence-electron chi connectivity index (χ1n) is 7.48. The van der Waals surface area contributed by atoms with Crippen molar-refractivity contribution in [2.75, 3.05) is 19.8 Å². The maximum absolute atomic E-state index is 5.61. The fourth-order valence-corrected chi connectivity index (χ4v) is 3.74. The third-order valence-electron chi connectivity index (χ3n) is 4.60. The molecule has 0 heterocycles. The van der Waals surface area contributed by atoms with Gasteiger partial charge < -0.3 is 10.1 Å². The van der Waals surface area contributed by atoms with E-state index in [1.807, 2.05) is 0 Å². The Bertz CT molecular complexity index is 229. The van der Waals surface area contributed by atoms with Crippen molar-refractivity contribution >= 4 is 0 Å². The van der Waals surface area contributed by atoms with Crippen LogP contribution in [-0.2, 0) is 4.74 Å². The molecule has 2 fully saturated rings. The first kappa shape index (κ1) is 13.4. The summed E-state index contributed by atoms with van der Waals surface area (Å²) in [6, 6.07) is 0.688. The number of rotatable bonds is 7. The molecular formula is C15H29NO. The summed E-state index contributed by atoms with van der Waals surface area (Å²) in [6.45, 7) is 9.54. The van der Waals surface area contributed by atoms with Crippen LogP contribution >= 0.6 is 0 Å². The average molecular weight is 239 g/mol. The average Bonchev–Trinajstić information content (AvgIpc) is 2.89. The lowest BCUT2D eigenvalue weighted by Crippen LogP contribution is -2.38. The molecular weight excluding hydrogens is 210 g/mol. The predicted molar refractivity (Wildman–Crippen MR) is 72.1 cm³/mol. The summed E-state index contributed by atoms with van der Waals surface area (Å²) in [5.74, 6) is 3.68. The lowest BCUT2D eigenvalue weighted by atomic mass is 9.84. The molecule has 1 N–H and O–H groups in total. The predicted octanol–water partition coefficient (Wildman–Crippen LogP) is 3.07. The number of fused-ring (bicyclic) bond motifs is 2. The lowest BCUT2D eigenvalue weighted by Gasteiger charge is -2.28. The third kappa shape index (κ3) is 3.69. The van der Waals surface area contributed by atoms with E-state index in [0.29, 0.717) is 12.0 Å². The molecule has 0 aliphatic heterocycles. The largest absolute Gasteiger partial charge is 0.380 e. The normalized spacial score (nSPS) is 33.5. The van der Waals surface area contributed by atoms with Gasteiger partial charge in [-0.15, -0.1) is 0 Å². The highest BCUT2D eigenvalue weighted by molar-refractivity contribution is 4.93. The monoisotopic (exact) mass is 239 g/mol. The first-order valence-corrected chi connectivity index (χ1v) is 7.48. The maximum Gasteiger partial charge on any atom is 0.0591 e. The Morgan fingerprint density at radius 3 is 2.59 bits per heavy atom. The van der Waals surface area contributed by atoms with E-state index in [9.17, 15) is 0 Å². The summed E-state index contributed by atoms with van der Waals surface area (Å²) >= 11 is 0. The molecule has 4 unspecified atom stereocenters. The van der Waals surface area contributed by atoms with Crippen LogP contribution in [0.25, 0.3) is 0 Å². The molecule has 2 aliphatic carbocycles. The Labute approximate surface area is 107 Å². The smallest absolute Gasteiger partial charge is 0.0591 e. The fourth-order valence-electron chi connectivity index (χ4n) is 3.74. The molecule has 0 aromatic rings. The van der Waals surface area contributed by atoms with E-state index in [1.165, 1.54) is 25.7 Å². The second-order valence-corrected chi connectivity index (χ2v) is 6.55. The molecule has 2 saturated carbocycles. The third-order valence-corrected chi connectivity index (χ3v) is 4.60. The second kappa shape index (κ2) is 6.19. The molecule has 2 heteroatoms. The van der Waals surface area contributed by atoms with E-state index in [4.69, 9.17) is 4.74 Å². The van der Waals surface area contributed by atoms with Crippen molar-refractivity contribution in [1.29, 1.82) is 0 Å².